The van der Waals surface area contributed by atoms with E-state index in [0.717, 1.165) is 13.1 Å². The summed E-state index contributed by atoms with van der Waals surface area (Å²) in [5.74, 6) is -0.00269. The van der Waals surface area contributed by atoms with E-state index in [1.165, 1.54) is 0 Å². The van der Waals surface area contributed by atoms with Crippen LogP contribution in [0.25, 0.3) is 0 Å². The number of nitrogens with zero attached hydrogens (tertiary/aromatic N) is 3. The molecule has 1 aromatic heterocycles. The highest BCUT2D eigenvalue weighted by Crippen LogP contribution is 2.07. The Morgan fingerprint density at radius 2 is 2.43 bits per heavy atom. The van der Waals surface area contributed by atoms with E-state index in [2.05, 4.69) is 10.3 Å². The summed E-state index contributed by atoms with van der Waals surface area (Å²) in [6, 6.07) is 0.324. The molecular weight excluding hydrogens is 180 g/mol. The summed E-state index contributed by atoms with van der Waals surface area (Å²) in [7, 11) is 3.68. The van der Waals surface area contributed by atoms with Gasteiger partial charge in [-0.2, -0.15) is 0 Å². The van der Waals surface area contributed by atoms with Gasteiger partial charge in [-0.25, -0.2) is 4.98 Å². The van der Waals surface area contributed by atoms with Gasteiger partial charge in [0.1, 0.15) is 5.69 Å². The van der Waals surface area contributed by atoms with E-state index in [0.29, 0.717) is 11.7 Å². The zero-order valence-electron chi connectivity index (χ0n) is 8.40. The van der Waals surface area contributed by atoms with Gasteiger partial charge in [0.05, 0.1) is 12.4 Å². The fraction of sp³-hybridized carbons (Fsp3) is 0.556. The molecule has 0 aromatic carbocycles. The van der Waals surface area contributed by atoms with E-state index in [1.54, 1.807) is 22.0 Å². The van der Waals surface area contributed by atoms with E-state index in [4.69, 9.17) is 0 Å². The lowest BCUT2D eigenvalue weighted by Crippen LogP contribution is -2.57. The number of carbonyl (C=O) groups is 1. The first kappa shape index (κ1) is 9.21. The lowest BCUT2D eigenvalue weighted by Gasteiger charge is -2.35. The van der Waals surface area contributed by atoms with Crippen molar-refractivity contribution in [3.63, 3.8) is 0 Å². The maximum atomic E-state index is 11.8. The summed E-state index contributed by atoms with van der Waals surface area (Å²) >= 11 is 0. The highest BCUT2D eigenvalue weighted by Gasteiger charge is 2.26. The van der Waals surface area contributed by atoms with Gasteiger partial charge in [0, 0.05) is 33.4 Å². The third-order valence-corrected chi connectivity index (χ3v) is 2.55. The standard InChI is InChI=1S/C9H14N4O/c1-12-5-8(11-6-12)9(14)13(2)7-3-10-4-7/h5-7,10H,3-4H2,1-2H3. The number of likely N-dealkylation sites (N-methyl/N-ethyl adjacent to an activating group) is 1. The Bertz CT molecular complexity index is 342. The number of amides is 1. The highest BCUT2D eigenvalue weighted by atomic mass is 16.2. The fourth-order valence-corrected chi connectivity index (χ4v) is 1.42. The molecule has 1 fully saturated rings. The van der Waals surface area contributed by atoms with Crippen LogP contribution in [0.1, 0.15) is 10.5 Å². The van der Waals surface area contributed by atoms with E-state index >= 15 is 0 Å². The summed E-state index contributed by atoms with van der Waals surface area (Å²) in [6.07, 6.45) is 3.38. The van der Waals surface area contributed by atoms with E-state index < -0.39 is 0 Å². The average molecular weight is 194 g/mol. The van der Waals surface area contributed by atoms with Gasteiger partial charge in [-0.15, -0.1) is 0 Å². The second-order valence-electron chi connectivity index (χ2n) is 3.65. The second-order valence-corrected chi connectivity index (χ2v) is 3.65. The van der Waals surface area contributed by atoms with Gasteiger partial charge in [0.15, 0.2) is 0 Å². The van der Waals surface area contributed by atoms with Gasteiger partial charge in [-0.3, -0.25) is 4.79 Å². The molecule has 1 saturated heterocycles. The van der Waals surface area contributed by atoms with Crippen LogP contribution in [0.2, 0.25) is 0 Å². The largest absolute Gasteiger partial charge is 0.340 e. The van der Waals surface area contributed by atoms with Crippen LogP contribution < -0.4 is 5.32 Å². The number of hydrogen-bond donors (Lipinski definition) is 1. The van der Waals surface area contributed by atoms with Gasteiger partial charge in [-0.1, -0.05) is 0 Å². The molecule has 0 unspecified atom stereocenters. The van der Waals surface area contributed by atoms with Crippen LogP contribution in [0, 0.1) is 0 Å². The third kappa shape index (κ3) is 1.50. The van der Waals surface area contributed by atoms with Crippen LogP contribution in [0.4, 0.5) is 0 Å². The molecule has 1 aliphatic heterocycles. The molecular formula is C9H14N4O. The van der Waals surface area contributed by atoms with Crippen molar-refractivity contribution in [2.45, 2.75) is 6.04 Å². The Morgan fingerprint density at radius 3 is 2.86 bits per heavy atom. The van der Waals surface area contributed by atoms with Crippen LogP contribution >= 0.6 is 0 Å². The predicted molar refractivity (Wildman–Crippen MR) is 52.0 cm³/mol. The normalized spacial score (nSPS) is 16.4. The average Bonchev–Trinajstić information content (AvgIpc) is 2.47. The SMILES string of the molecule is CN(C(=O)c1cn(C)cn1)C1CNC1. The number of hydrogen-bond acceptors (Lipinski definition) is 3. The Kier molecular flexibility index (Phi) is 2.25. The zero-order chi connectivity index (χ0) is 10.1. The first-order valence-corrected chi connectivity index (χ1v) is 4.64. The number of carbonyl (C=O) groups excluding carboxylic acids is 1. The first-order valence-electron chi connectivity index (χ1n) is 4.64. The van der Waals surface area contributed by atoms with Crippen molar-refractivity contribution in [1.29, 1.82) is 0 Å². The van der Waals surface area contributed by atoms with Crippen molar-refractivity contribution >= 4 is 5.91 Å². The van der Waals surface area contributed by atoms with Crippen molar-refractivity contribution in [3.8, 4) is 0 Å². The molecule has 0 saturated carbocycles. The minimum Gasteiger partial charge on any atom is -0.340 e. The topological polar surface area (TPSA) is 50.2 Å². The minimum atomic E-state index is -0.00269. The Hall–Kier alpha value is -1.36. The molecule has 1 N–H and O–H groups in total. The Morgan fingerprint density at radius 1 is 1.71 bits per heavy atom. The monoisotopic (exact) mass is 194 g/mol. The Labute approximate surface area is 82.7 Å². The Balaban J connectivity index is 2.07. The number of imidazole rings is 1. The molecule has 2 heterocycles. The van der Waals surface area contributed by atoms with Crippen molar-refractivity contribution in [2.75, 3.05) is 20.1 Å². The molecule has 14 heavy (non-hydrogen) atoms. The van der Waals surface area contributed by atoms with E-state index in [-0.39, 0.29) is 5.91 Å². The smallest absolute Gasteiger partial charge is 0.274 e. The molecule has 5 nitrogen and oxygen atoms in total. The maximum absolute atomic E-state index is 11.8. The molecule has 0 radical (unpaired) electrons. The van der Waals surface area contributed by atoms with Gasteiger partial charge >= 0.3 is 0 Å². The molecule has 1 aliphatic rings. The molecule has 0 bridgehead atoms. The lowest BCUT2D eigenvalue weighted by atomic mass is 10.1. The molecule has 2 rings (SSSR count). The van der Waals surface area contributed by atoms with E-state index in [1.807, 2.05) is 14.1 Å². The zero-order valence-corrected chi connectivity index (χ0v) is 8.40. The molecule has 1 amide bonds. The number of rotatable bonds is 2. The van der Waals surface area contributed by atoms with Crippen molar-refractivity contribution in [2.24, 2.45) is 7.05 Å². The van der Waals surface area contributed by atoms with Crippen LogP contribution in [0.5, 0.6) is 0 Å². The van der Waals surface area contributed by atoms with Gasteiger partial charge < -0.3 is 14.8 Å². The minimum absolute atomic E-state index is 0.00269. The summed E-state index contributed by atoms with van der Waals surface area (Å²) in [4.78, 5) is 17.6. The van der Waals surface area contributed by atoms with Crippen molar-refractivity contribution in [1.82, 2.24) is 19.8 Å². The summed E-state index contributed by atoms with van der Waals surface area (Å²) in [6.45, 7) is 1.77. The highest BCUT2D eigenvalue weighted by molar-refractivity contribution is 5.92. The maximum Gasteiger partial charge on any atom is 0.274 e. The van der Waals surface area contributed by atoms with Gasteiger partial charge in [-0.05, 0) is 0 Å². The quantitative estimate of drug-likeness (QED) is 0.688. The molecule has 0 atom stereocenters. The molecule has 76 valence electrons. The summed E-state index contributed by atoms with van der Waals surface area (Å²) in [5.41, 5.74) is 0.516. The fourth-order valence-electron chi connectivity index (χ4n) is 1.42. The summed E-state index contributed by atoms with van der Waals surface area (Å²) < 4.78 is 1.78. The molecule has 5 heteroatoms. The van der Waals surface area contributed by atoms with Crippen molar-refractivity contribution in [3.05, 3.63) is 18.2 Å². The number of aromatic nitrogens is 2. The van der Waals surface area contributed by atoms with Crippen LogP contribution in [0.3, 0.4) is 0 Å². The van der Waals surface area contributed by atoms with Crippen LogP contribution in [-0.4, -0.2) is 46.5 Å². The number of aryl methyl sites for hydroxylation is 1. The molecule has 1 aromatic rings. The van der Waals surface area contributed by atoms with Crippen molar-refractivity contribution < 1.29 is 4.79 Å². The summed E-state index contributed by atoms with van der Waals surface area (Å²) in [5, 5.41) is 3.13. The molecule has 0 spiro atoms. The first-order chi connectivity index (χ1) is 6.68. The van der Waals surface area contributed by atoms with Gasteiger partial charge in [0.2, 0.25) is 0 Å². The second kappa shape index (κ2) is 3.42. The molecule has 0 aliphatic carbocycles. The van der Waals surface area contributed by atoms with Crippen LogP contribution in [0.15, 0.2) is 12.5 Å². The van der Waals surface area contributed by atoms with Crippen LogP contribution in [-0.2, 0) is 7.05 Å². The van der Waals surface area contributed by atoms with E-state index in [9.17, 15) is 4.79 Å². The predicted octanol–water partition coefficient (Wildman–Crippen LogP) is -0.536. The number of nitrogens with one attached hydrogen (secondary N) is 1. The third-order valence-electron chi connectivity index (χ3n) is 2.55. The lowest BCUT2D eigenvalue weighted by molar-refractivity contribution is 0.0675. The van der Waals surface area contributed by atoms with Gasteiger partial charge in [0.25, 0.3) is 5.91 Å².